The van der Waals surface area contributed by atoms with Crippen molar-refractivity contribution in [3.63, 3.8) is 0 Å². The van der Waals surface area contributed by atoms with Gasteiger partial charge in [0.15, 0.2) is 0 Å². The fourth-order valence-corrected chi connectivity index (χ4v) is 0.258. The molecule has 0 saturated heterocycles. The van der Waals surface area contributed by atoms with Gasteiger partial charge in [0.05, 0.1) is 0 Å². The first-order valence-corrected chi connectivity index (χ1v) is 2.12. The molecule has 0 aliphatic heterocycles. The van der Waals surface area contributed by atoms with Gasteiger partial charge in [-0.3, -0.25) is 0 Å². The first-order valence-electron chi connectivity index (χ1n) is 2.12. The van der Waals surface area contributed by atoms with E-state index in [4.69, 9.17) is 5.73 Å². The number of hydrogen-bond acceptors (Lipinski definition) is 2. The summed E-state index contributed by atoms with van der Waals surface area (Å²) in [5.41, 5.74) is 5.19. The predicted octanol–water partition coefficient (Wildman–Crippen LogP) is 0.350. The zero-order chi connectivity index (χ0) is 4.99. The standard InChI is InChI=1S/C4H12N2.2ClH/c1-6(2)4-3-5;;/h3-5H2,1-2H3;2*1H. The number of likely N-dealkylation sites (N-methyl/N-ethyl adjacent to an activating group) is 1. The minimum Gasteiger partial charge on any atom is -0.329 e. The van der Waals surface area contributed by atoms with Crippen LogP contribution < -0.4 is 5.73 Å². The SMILES string of the molecule is CN(C)CCN.Cl.Cl. The summed E-state index contributed by atoms with van der Waals surface area (Å²) in [6, 6.07) is 0. The van der Waals surface area contributed by atoms with Crippen molar-refractivity contribution in [2.75, 3.05) is 27.2 Å². The van der Waals surface area contributed by atoms with Crippen molar-refractivity contribution >= 4 is 24.8 Å². The molecule has 4 heteroatoms. The van der Waals surface area contributed by atoms with Crippen LogP contribution in [0, 0.1) is 0 Å². The van der Waals surface area contributed by atoms with Crippen molar-refractivity contribution in [2.24, 2.45) is 5.73 Å². The van der Waals surface area contributed by atoms with Crippen molar-refractivity contribution in [2.45, 2.75) is 0 Å². The van der Waals surface area contributed by atoms with Gasteiger partial charge < -0.3 is 10.6 Å². The van der Waals surface area contributed by atoms with Crippen molar-refractivity contribution in [3.8, 4) is 0 Å². The highest BCUT2D eigenvalue weighted by Crippen LogP contribution is 1.64. The second-order valence-electron chi connectivity index (χ2n) is 1.59. The van der Waals surface area contributed by atoms with Gasteiger partial charge >= 0.3 is 0 Å². The van der Waals surface area contributed by atoms with E-state index in [0.29, 0.717) is 0 Å². The minimum atomic E-state index is 0. The van der Waals surface area contributed by atoms with Crippen molar-refractivity contribution < 1.29 is 0 Å². The summed E-state index contributed by atoms with van der Waals surface area (Å²) in [5, 5.41) is 0. The highest BCUT2D eigenvalue weighted by atomic mass is 35.5. The molecule has 0 aromatic rings. The van der Waals surface area contributed by atoms with Crippen LogP contribution in [-0.2, 0) is 0 Å². The van der Waals surface area contributed by atoms with Gasteiger partial charge in [0.25, 0.3) is 0 Å². The fraction of sp³-hybridized carbons (Fsp3) is 1.00. The molecule has 0 aromatic heterocycles. The third-order valence-corrected chi connectivity index (χ3v) is 0.576. The summed E-state index contributed by atoms with van der Waals surface area (Å²) in [6.45, 7) is 1.74. The van der Waals surface area contributed by atoms with Gasteiger partial charge in [-0.25, -0.2) is 0 Å². The van der Waals surface area contributed by atoms with Gasteiger partial charge in [-0.15, -0.1) is 24.8 Å². The van der Waals surface area contributed by atoms with Gasteiger partial charge in [-0.2, -0.15) is 0 Å². The maximum atomic E-state index is 5.19. The molecular weight excluding hydrogens is 147 g/mol. The molecule has 0 aliphatic rings. The van der Waals surface area contributed by atoms with Gasteiger partial charge in [-0.1, -0.05) is 0 Å². The average molecular weight is 161 g/mol. The van der Waals surface area contributed by atoms with E-state index in [0.717, 1.165) is 13.1 Å². The highest BCUT2D eigenvalue weighted by Gasteiger charge is 1.79. The third-order valence-electron chi connectivity index (χ3n) is 0.576. The molecule has 2 N–H and O–H groups in total. The Labute approximate surface area is 63.2 Å². The smallest absolute Gasteiger partial charge is 0.00985 e. The van der Waals surface area contributed by atoms with E-state index < -0.39 is 0 Å². The number of nitrogens with two attached hydrogens (primary N) is 1. The zero-order valence-electron chi connectivity index (χ0n) is 5.26. The molecule has 54 valence electrons. The number of rotatable bonds is 2. The van der Waals surface area contributed by atoms with E-state index in [1.54, 1.807) is 0 Å². The molecule has 0 bridgehead atoms. The maximum absolute atomic E-state index is 5.19. The second-order valence-corrected chi connectivity index (χ2v) is 1.59. The minimum absolute atomic E-state index is 0. The molecule has 0 amide bonds. The lowest BCUT2D eigenvalue weighted by Gasteiger charge is -2.03. The molecule has 0 radical (unpaired) electrons. The largest absolute Gasteiger partial charge is 0.329 e. The first-order chi connectivity index (χ1) is 2.77. The summed E-state index contributed by atoms with van der Waals surface area (Å²) >= 11 is 0. The normalized spacial score (nSPS) is 7.50. The number of hydrogen-bond donors (Lipinski definition) is 1. The Hall–Kier alpha value is 0.500. The van der Waals surface area contributed by atoms with E-state index in [1.807, 2.05) is 14.1 Å². The summed E-state index contributed by atoms with van der Waals surface area (Å²) < 4.78 is 0. The molecule has 0 rings (SSSR count). The van der Waals surface area contributed by atoms with Crippen LogP contribution in [-0.4, -0.2) is 32.1 Å². The van der Waals surface area contributed by atoms with E-state index in [-0.39, 0.29) is 24.8 Å². The van der Waals surface area contributed by atoms with Crippen molar-refractivity contribution in [1.29, 1.82) is 0 Å². The molecule has 2 nitrogen and oxygen atoms in total. The van der Waals surface area contributed by atoms with E-state index in [1.165, 1.54) is 0 Å². The van der Waals surface area contributed by atoms with Gasteiger partial charge in [-0.05, 0) is 14.1 Å². The Bertz CT molecular complexity index is 33.2. The lowest BCUT2D eigenvalue weighted by molar-refractivity contribution is 0.420. The van der Waals surface area contributed by atoms with Crippen LogP contribution in [0.4, 0.5) is 0 Å². The van der Waals surface area contributed by atoms with Crippen molar-refractivity contribution in [1.82, 2.24) is 4.90 Å². The molecular formula is C4H14Cl2N2. The Morgan fingerprint density at radius 1 is 1.25 bits per heavy atom. The molecule has 0 aromatic carbocycles. The number of nitrogens with zero attached hydrogens (tertiary/aromatic N) is 1. The van der Waals surface area contributed by atoms with Crippen LogP contribution in [0.5, 0.6) is 0 Å². The summed E-state index contributed by atoms with van der Waals surface area (Å²) in [4.78, 5) is 2.06. The highest BCUT2D eigenvalue weighted by molar-refractivity contribution is 5.85. The van der Waals surface area contributed by atoms with Crippen LogP contribution in [0.25, 0.3) is 0 Å². The average Bonchev–Trinajstić information content (AvgIpc) is 1.35. The third kappa shape index (κ3) is 16.1. The topological polar surface area (TPSA) is 29.3 Å². The molecule has 0 heterocycles. The molecule has 0 saturated carbocycles. The molecule has 8 heavy (non-hydrogen) atoms. The summed E-state index contributed by atoms with van der Waals surface area (Å²) in [5.74, 6) is 0. The first kappa shape index (κ1) is 15.8. The fourth-order valence-electron chi connectivity index (χ4n) is 0.258. The molecule has 0 atom stereocenters. The molecule has 0 spiro atoms. The second kappa shape index (κ2) is 10.5. The zero-order valence-corrected chi connectivity index (χ0v) is 6.89. The van der Waals surface area contributed by atoms with Gasteiger partial charge in [0.2, 0.25) is 0 Å². The monoisotopic (exact) mass is 160 g/mol. The van der Waals surface area contributed by atoms with Crippen LogP contribution in [0.2, 0.25) is 0 Å². The van der Waals surface area contributed by atoms with Crippen molar-refractivity contribution in [3.05, 3.63) is 0 Å². The quantitative estimate of drug-likeness (QED) is 0.633. The van der Waals surface area contributed by atoms with Gasteiger partial charge in [0, 0.05) is 13.1 Å². The van der Waals surface area contributed by atoms with E-state index in [9.17, 15) is 0 Å². The Morgan fingerprint density at radius 2 is 1.62 bits per heavy atom. The van der Waals surface area contributed by atoms with Crippen LogP contribution in [0.3, 0.4) is 0 Å². The van der Waals surface area contributed by atoms with Crippen LogP contribution in [0.15, 0.2) is 0 Å². The van der Waals surface area contributed by atoms with Crippen LogP contribution >= 0.6 is 24.8 Å². The molecule has 0 aliphatic carbocycles. The molecule has 0 fully saturated rings. The predicted molar refractivity (Wildman–Crippen MR) is 42.1 cm³/mol. The lowest BCUT2D eigenvalue weighted by atomic mass is 10.6. The summed E-state index contributed by atoms with van der Waals surface area (Å²) in [6.07, 6.45) is 0. The summed E-state index contributed by atoms with van der Waals surface area (Å²) in [7, 11) is 4.01. The van der Waals surface area contributed by atoms with E-state index >= 15 is 0 Å². The molecule has 0 unspecified atom stereocenters. The van der Waals surface area contributed by atoms with Crippen LogP contribution in [0.1, 0.15) is 0 Å². The Balaban J connectivity index is -0.000000125. The van der Waals surface area contributed by atoms with E-state index in [2.05, 4.69) is 4.90 Å². The van der Waals surface area contributed by atoms with Gasteiger partial charge in [0.1, 0.15) is 0 Å². The Kier molecular flexibility index (Phi) is 20.7. The lowest BCUT2D eigenvalue weighted by Crippen LogP contribution is -2.20. The maximum Gasteiger partial charge on any atom is 0.00985 e. The Morgan fingerprint density at radius 3 is 1.62 bits per heavy atom. The number of halogens is 2.